The van der Waals surface area contributed by atoms with Crippen LogP contribution in [0.3, 0.4) is 0 Å². The first kappa shape index (κ1) is 10.4. The zero-order valence-corrected chi connectivity index (χ0v) is 10.0. The third-order valence-electron chi connectivity index (χ3n) is 2.28. The Hall–Kier alpha value is 0.270. The summed E-state index contributed by atoms with van der Waals surface area (Å²) in [6, 6.07) is 0. The molecule has 0 unspecified atom stereocenters. The molecule has 0 N–H and O–H groups in total. The molecule has 0 aliphatic carbocycles. The van der Waals surface area contributed by atoms with Crippen molar-refractivity contribution in [2.24, 2.45) is 0 Å². The molecule has 0 amide bonds. The molecule has 0 bridgehead atoms. The summed E-state index contributed by atoms with van der Waals surface area (Å²) in [5.74, 6) is 0. The van der Waals surface area contributed by atoms with Crippen LogP contribution in [0.25, 0.3) is 0 Å². The maximum absolute atomic E-state index is 4.37. The minimum Gasteiger partial charge on any atom is -0.142 e. The van der Waals surface area contributed by atoms with Crippen LogP contribution in [0.5, 0.6) is 0 Å². The fourth-order valence-electron chi connectivity index (χ4n) is 1.10. The number of hydrogen-bond acceptors (Lipinski definition) is 3. The quantitative estimate of drug-likeness (QED) is 0.543. The van der Waals surface area contributed by atoms with E-state index in [0.717, 1.165) is 14.7 Å². The Bertz CT molecular complexity index is 224. The second-order valence-electron chi connectivity index (χ2n) is 2.92. The van der Waals surface area contributed by atoms with Crippen molar-refractivity contribution in [1.82, 2.24) is 0 Å². The van der Waals surface area contributed by atoms with Gasteiger partial charge in [-0.05, 0) is 37.5 Å². The molecule has 0 spiro atoms. The van der Waals surface area contributed by atoms with E-state index in [1.54, 1.807) is 0 Å². The van der Waals surface area contributed by atoms with Crippen molar-refractivity contribution in [1.29, 1.82) is 0 Å². The minimum absolute atomic E-state index is 0.877. The van der Waals surface area contributed by atoms with E-state index < -0.39 is 0 Å². The first-order valence-electron chi connectivity index (χ1n) is 3.67. The normalized spacial score (nSPS) is 10.5. The maximum Gasteiger partial charge on any atom is 0.0313 e. The molecule has 3 heteroatoms. The molecule has 0 aliphatic heterocycles. The molecule has 0 aliphatic rings. The van der Waals surface area contributed by atoms with Crippen LogP contribution in [0.2, 0.25) is 0 Å². The molecular formula is C9H12S3. The van der Waals surface area contributed by atoms with Crippen LogP contribution in [0.1, 0.15) is 16.7 Å². The molecular weight excluding hydrogens is 204 g/mol. The topological polar surface area (TPSA) is 0 Å². The van der Waals surface area contributed by atoms with Crippen molar-refractivity contribution in [2.45, 2.75) is 35.5 Å². The van der Waals surface area contributed by atoms with E-state index in [1.165, 1.54) is 16.7 Å². The summed E-state index contributed by atoms with van der Waals surface area (Å²) in [5, 5.41) is 0. The predicted molar refractivity (Wildman–Crippen MR) is 62.4 cm³/mol. The first-order valence-corrected chi connectivity index (χ1v) is 5.01. The summed E-state index contributed by atoms with van der Waals surface area (Å²) in [6.45, 7) is 6.19. The number of rotatable bonds is 0. The lowest BCUT2D eigenvalue weighted by molar-refractivity contribution is 1.01. The Labute approximate surface area is 90.0 Å². The van der Waals surface area contributed by atoms with Crippen molar-refractivity contribution in [3.8, 4) is 0 Å². The smallest absolute Gasteiger partial charge is 0.0313 e. The van der Waals surface area contributed by atoms with Crippen LogP contribution in [0.15, 0.2) is 14.7 Å². The molecule has 0 nitrogen and oxygen atoms in total. The van der Waals surface area contributed by atoms with Crippen LogP contribution >= 0.6 is 37.9 Å². The Kier molecular flexibility index (Phi) is 3.07. The molecule has 0 aromatic heterocycles. The second-order valence-corrected chi connectivity index (χ2v) is 4.26. The summed E-state index contributed by atoms with van der Waals surface area (Å²) >= 11 is 13.1. The molecule has 0 heterocycles. The van der Waals surface area contributed by atoms with E-state index in [-0.39, 0.29) is 0 Å². The van der Waals surface area contributed by atoms with E-state index in [0.29, 0.717) is 0 Å². The molecule has 0 radical (unpaired) electrons. The van der Waals surface area contributed by atoms with E-state index >= 15 is 0 Å². The van der Waals surface area contributed by atoms with Crippen molar-refractivity contribution in [3.63, 3.8) is 0 Å². The summed E-state index contributed by atoms with van der Waals surface area (Å²) in [6.07, 6.45) is 0. The molecule has 66 valence electrons. The van der Waals surface area contributed by atoms with E-state index in [2.05, 4.69) is 58.7 Å². The fraction of sp³-hybridized carbons (Fsp3) is 0.333. The lowest BCUT2D eigenvalue weighted by Crippen LogP contribution is -1.92. The van der Waals surface area contributed by atoms with Gasteiger partial charge in [0.05, 0.1) is 0 Å². The van der Waals surface area contributed by atoms with Gasteiger partial charge in [0.2, 0.25) is 0 Å². The van der Waals surface area contributed by atoms with Gasteiger partial charge in [0.25, 0.3) is 0 Å². The molecule has 1 aromatic rings. The highest BCUT2D eigenvalue weighted by Crippen LogP contribution is 2.34. The first-order chi connectivity index (χ1) is 5.46. The Morgan fingerprint density at radius 2 is 0.917 bits per heavy atom. The van der Waals surface area contributed by atoms with Gasteiger partial charge in [-0.15, -0.1) is 37.9 Å². The Morgan fingerprint density at radius 1 is 0.583 bits per heavy atom. The van der Waals surface area contributed by atoms with Gasteiger partial charge in [0.15, 0.2) is 0 Å². The van der Waals surface area contributed by atoms with Crippen molar-refractivity contribution in [2.75, 3.05) is 0 Å². The maximum atomic E-state index is 4.37. The fourth-order valence-corrected chi connectivity index (χ4v) is 2.09. The van der Waals surface area contributed by atoms with Gasteiger partial charge in [-0.1, -0.05) is 0 Å². The monoisotopic (exact) mass is 216 g/mol. The summed E-state index contributed by atoms with van der Waals surface area (Å²) in [4.78, 5) is 2.75. The van der Waals surface area contributed by atoms with Gasteiger partial charge >= 0.3 is 0 Å². The average Bonchev–Trinajstić information content (AvgIpc) is 2.08. The second kappa shape index (κ2) is 3.56. The number of thiol groups is 3. The number of benzene rings is 1. The molecule has 0 saturated heterocycles. The highest BCUT2D eigenvalue weighted by Gasteiger charge is 2.09. The van der Waals surface area contributed by atoms with Crippen molar-refractivity contribution >= 4 is 37.9 Å². The molecule has 0 atom stereocenters. The van der Waals surface area contributed by atoms with Crippen LogP contribution in [-0.4, -0.2) is 0 Å². The molecule has 0 fully saturated rings. The number of hydrogen-bond donors (Lipinski definition) is 3. The minimum atomic E-state index is 0.877. The third-order valence-corrected chi connectivity index (χ3v) is 4.20. The van der Waals surface area contributed by atoms with E-state index in [4.69, 9.17) is 0 Å². The zero-order valence-electron chi connectivity index (χ0n) is 7.34. The average molecular weight is 216 g/mol. The Morgan fingerprint density at radius 3 is 1.25 bits per heavy atom. The largest absolute Gasteiger partial charge is 0.142 e. The van der Waals surface area contributed by atoms with E-state index in [9.17, 15) is 0 Å². The zero-order chi connectivity index (χ0) is 9.46. The predicted octanol–water partition coefficient (Wildman–Crippen LogP) is 3.48. The van der Waals surface area contributed by atoms with Crippen LogP contribution in [0.4, 0.5) is 0 Å². The highest BCUT2D eigenvalue weighted by molar-refractivity contribution is 7.85. The lowest BCUT2D eigenvalue weighted by Gasteiger charge is -2.13. The van der Waals surface area contributed by atoms with Crippen LogP contribution < -0.4 is 0 Å². The SMILES string of the molecule is Cc1c(C)c(S)c(S)c(S)c1C. The third kappa shape index (κ3) is 1.50. The molecule has 0 saturated carbocycles. The van der Waals surface area contributed by atoms with Gasteiger partial charge in [-0.2, -0.15) is 0 Å². The van der Waals surface area contributed by atoms with Gasteiger partial charge < -0.3 is 0 Å². The van der Waals surface area contributed by atoms with Gasteiger partial charge in [-0.3, -0.25) is 0 Å². The molecule has 1 aromatic carbocycles. The van der Waals surface area contributed by atoms with E-state index in [1.807, 2.05) is 0 Å². The lowest BCUT2D eigenvalue weighted by atomic mass is 10.0. The van der Waals surface area contributed by atoms with Gasteiger partial charge in [-0.25, -0.2) is 0 Å². The Balaban J connectivity index is 3.60. The summed E-state index contributed by atoms with van der Waals surface area (Å²) in [7, 11) is 0. The standard InChI is InChI=1S/C9H12S3/c1-4-5(2)7(10)9(12)8(11)6(4)3/h10-12H,1-3H3. The van der Waals surface area contributed by atoms with Gasteiger partial charge in [0.1, 0.15) is 0 Å². The van der Waals surface area contributed by atoms with Crippen molar-refractivity contribution in [3.05, 3.63) is 16.7 Å². The summed E-state index contributed by atoms with van der Waals surface area (Å²) in [5.41, 5.74) is 3.64. The highest BCUT2D eigenvalue weighted by atomic mass is 32.1. The molecule has 12 heavy (non-hydrogen) atoms. The van der Waals surface area contributed by atoms with Crippen molar-refractivity contribution < 1.29 is 0 Å². The summed E-state index contributed by atoms with van der Waals surface area (Å²) < 4.78 is 0. The van der Waals surface area contributed by atoms with Crippen LogP contribution in [-0.2, 0) is 0 Å². The molecule has 1 rings (SSSR count). The van der Waals surface area contributed by atoms with Gasteiger partial charge in [0, 0.05) is 14.7 Å². The van der Waals surface area contributed by atoms with Crippen LogP contribution in [0, 0.1) is 20.8 Å².